The minimum atomic E-state index is -0.384. The molecule has 0 spiro atoms. The molecule has 6 heteroatoms. The first kappa shape index (κ1) is 20.5. The molecular formula is C22H34B2O4. The van der Waals surface area contributed by atoms with E-state index in [-0.39, 0.29) is 41.9 Å². The van der Waals surface area contributed by atoms with Gasteiger partial charge in [-0.3, -0.25) is 0 Å². The summed E-state index contributed by atoms with van der Waals surface area (Å²) in [5.41, 5.74) is 1.22. The molecule has 0 N–H and O–H groups in total. The van der Waals surface area contributed by atoms with Crippen molar-refractivity contribution in [2.24, 2.45) is 0 Å². The van der Waals surface area contributed by atoms with E-state index in [1.807, 2.05) is 0 Å². The summed E-state index contributed by atoms with van der Waals surface area (Å²) in [6, 6.07) is 8.69. The van der Waals surface area contributed by atoms with Gasteiger partial charge in [0.2, 0.25) is 0 Å². The van der Waals surface area contributed by atoms with E-state index in [1.54, 1.807) is 0 Å². The molecule has 28 heavy (non-hydrogen) atoms. The predicted molar refractivity (Wildman–Crippen MR) is 113 cm³/mol. The Hall–Kier alpha value is -0.810. The monoisotopic (exact) mass is 384 g/mol. The van der Waals surface area contributed by atoms with Gasteiger partial charge in [-0.2, -0.15) is 0 Å². The molecule has 0 saturated carbocycles. The van der Waals surface area contributed by atoms with E-state index in [1.165, 1.54) is 11.1 Å². The van der Waals surface area contributed by atoms with Gasteiger partial charge in [0.05, 0.1) is 22.4 Å². The molecule has 0 amide bonds. The second-order valence-corrected chi connectivity index (χ2v) is 10.9. The zero-order chi connectivity index (χ0) is 20.6. The fourth-order valence-electron chi connectivity index (χ4n) is 4.45. The van der Waals surface area contributed by atoms with Gasteiger partial charge in [-0.05, 0) is 85.8 Å². The summed E-state index contributed by atoms with van der Waals surface area (Å²) < 4.78 is 26.4. The number of hydrogen-bond donors (Lipinski definition) is 0. The van der Waals surface area contributed by atoms with Crippen LogP contribution in [0.1, 0.15) is 72.9 Å². The highest BCUT2D eigenvalue weighted by molar-refractivity contribution is 6.71. The predicted octanol–water partition coefficient (Wildman–Crippen LogP) is 4.64. The van der Waals surface area contributed by atoms with Crippen molar-refractivity contribution in [3.8, 4) is 0 Å². The first-order chi connectivity index (χ1) is 12.8. The molecular weight excluding hydrogens is 350 g/mol. The third-order valence-corrected chi connectivity index (χ3v) is 7.94. The Morgan fingerprint density at radius 1 is 0.643 bits per heavy atom. The van der Waals surface area contributed by atoms with Gasteiger partial charge < -0.3 is 18.6 Å². The van der Waals surface area contributed by atoms with Gasteiger partial charge in [0.1, 0.15) is 0 Å². The molecule has 2 aliphatic heterocycles. The maximum Gasteiger partial charge on any atom is 0.462 e. The maximum atomic E-state index is 6.59. The zero-order valence-corrected chi connectivity index (χ0v) is 18.7. The van der Waals surface area contributed by atoms with Crippen LogP contribution in [-0.2, 0) is 31.5 Å². The zero-order valence-electron chi connectivity index (χ0n) is 18.7. The number of fused-ring (bicyclic) bond motifs is 1. The number of benzene rings is 1. The van der Waals surface area contributed by atoms with Crippen molar-refractivity contribution in [3.05, 3.63) is 35.4 Å². The van der Waals surface area contributed by atoms with Gasteiger partial charge in [-0.1, -0.05) is 24.3 Å². The third kappa shape index (κ3) is 2.91. The molecule has 2 heterocycles. The van der Waals surface area contributed by atoms with Gasteiger partial charge in [-0.25, -0.2) is 0 Å². The van der Waals surface area contributed by atoms with Gasteiger partial charge >= 0.3 is 14.2 Å². The lowest BCUT2D eigenvalue weighted by atomic mass is 9.34. The van der Waals surface area contributed by atoms with E-state index in [0.29, 0.717) is 0 Å². The van der Waals surface area contributed by atoms with E-state index in [0.717, 1.165) is 19.3 Å². The summed E-state index contributed by atoms with van der Waals surface area (Å²) in [5.74, 6) is 0. The first-order valence-corrected chi connectivity index (χ1v) is 10.6. The second-order valence-electron chi connectivity index (χ2n) is 10.9. The van der Waals surface area contributed by atoms with E-state index in [9.17, 15) is 0 Å². The Balaban J connectivity index is 1.76. The van der Waals surface area contributed by atoms with E-state index >= 15 is 0 Å². The largest absolute Gasteiger partial charge is 0.462 e. The number of hydrogen-bond acceptors (Lipinski definition) is 4. The third-order valence-electron chi connectivity index (χ3n) is 7.94. The quantitative estimate of drug-likeness (QED) is 0.697. The summed E-state index contributed by atoms with van der Waals surface area (Å²) in [7, 11) is -0.749. The smallest absolute Gasteiger partial charge is 0.403 e. The van der Waals surface area contributed by atoms with Gasteiger partial charge in [0.15, 0.2) is 0 Å². The lowest BCUT2D eigenvalue weighted by molar-refractivity contribution is 0.00578. The normalized spacial score (nSPS) is 29.0. The Labute approximate surface area is 170 Å². The molecule has 0 atom stereocenters. The minimum absolute atomic E-state index is 0.374. The summed E-state index contributed by atoms with van der Waals surface area (Å²) in [5, 5.41) is -0.384. The van der Waals surface area contributed by atoms with Crippen LogP contribution in [0.4, 0.5) is 0 Å². The molecule has 3 aliphatic rings. The second kappa shape index (κ2) is 6.10. The molecule has 1 aromatic carbocycles. The molecule has 152 valence electrons. The molecule has 1 aromatic rings. The Kier molecular flexibility index (Phi) is 4.46. The highest BCUT2D eigenvalue weighted by Crippen LogP contribution is 2.56. The van der Waals surface area contributed by atoms with E-state index < -0.39 is 0 Å². The summed E-state index contributed by atoms with van der Waals surface area (Å²) in [4.78, 5) is 0. The summed E-state index contributed by atoms with van der Waals surface area (Å²) in [6.45, 7) is 16.9. The molecule has 0 aromatic heterocycles. The number of rotatable bonds is 2. The molecule has 2 saturated heterocycles. The highest BCUT2D eigenvalue weighted by atomic mass is 16.7. The highest BCUT2D eigenvalue weighted by Gasteiger charge is 2.69. The lowest BCUT2D eigenvalue weighted by Gasteiger charge is -2.40. The maximum absolute atomic E-state index is 6.59. The minimum Gasteiger partial charge on any atom is -0.403 e. The van der Waals surface area contributed by atoms with Crippen molar-refractivity contribution in [2.75, 3.05) is 0 Å². The van der Waals surface area contributed by atoms with Crippen LogP contribution < -0.4 is 0 Å². The van der Waals surface area contributed by atoms with Crippen LogP contribution in [0, 0.1) is 0 Å². The van der Waals surface area contributed by atoms with E-state index in [4.69, 9.17) is 18.6 Å². The molecule has 2 fully saturated rings. The van der Waals surface area contributed by atoms with Crippen molar-refractivity contribution >= 4 is 14.2 Å². The van der Waals surface area contributed by atoms with Gasteiger partial charge in [-0.15, -0.1) is 0 Å². The van der Waals surface area contributed by atoms with Crippen LogP contribution in [0.25, 0.3) is 0 Å². The Morgan fingerprint density at radius 3 is 1.46 bits per heavy atom. The van der Waals surface area contributed by atoms with Gasteiger partial charge in [0, 0.05) is 5.21 Å². The summed E-state index contributed by atoms with van der Waals surface area (Å²) >= 11 is 0. The fraction of sp³-hybridized carbons (Fsp3) is 0.727. The van der Waals surface area contributed by atoms with Crippen LogP contribution in [-0.4, -0.2) is 36.6 Å². The molecule has 0 bridgehead atoms. The Bertz CT molecular complexity index is 704. The fourth-order valence-corrected chi connectivity index (χ4v) is 4.45. The first-order valence-electron chi connectivity index (χ1n) is 10.6. The average molecular weight is 384 g/mol. The van der Waals surface area contributed by atoms with Crippen LogP contribution in [0.5, 0.6) is 0 Å². The molecule has 0 radical (unpaired) electrons. The van der Waals surface area contributed by atoms with Crippen LogP contribution in [0.3, 0.4) is 0 Å². The van der Waals surface area contributed by atoms with Crippen molar-refractivity contribution in [1.29, 1.82) is 0 Å². The lowest BCUT2D eigenvalue weighted by Crippen LogP contribution is -2.51. The SMILES string of the molecule is CC1(C)OB(C2(B3OC(C)(C)C(C)(C)O3)CCc3ccccc3C2)OC1(C)C. The Morgan fingerprint density at radius 2 is 1.04 bits per heavy atom. The molecule has 0 unspecified atom stereocenters. The van der Waals surface area contributed by atoms with Crippen LogP contribution in [0.2, 0.25) is 5.21 Å². The van der Waals surface area contributed by atoms with Crippen LogP contribution in [0.15, 0.2) is 24.3 Å². The summed E-state index contributed by atoms with van der Waals surface area (Å²) in [6.07, 6.45) is 2.72. The molecule has 4 rings (SSSR count). The van der Waals surface area contributed by atoms with Crippen molar-refractivity contribution < 1.29 is 18.6 Å². The topological polar surface area (TPSA) is 36.9 Å². The molecule has 4 nitrogen and oxygen atoms in total. The van der Waals surface area contributed by atoms with Crippen molar-refractivity contribution in [2.45, 2.75) is 102 Å². The average Bonchev–Trinajstić information content (AvgIpc) is 2.94. The van der Waals surface area contributed by atoms with Crippen LogP contribution >= 0.6 is 0 Å². The molecule has 1 aliphatic carbocycles. The van der Waals surface area contributed by atoms with Crippen molar-refractivity contribution in [1.82, 2.24) is 0 Å². The standard InChI is InChI=1S/C22H34B2O4/c1-18(2)19(3,4)26-23(25-18)22(24-27-20(5,6)21(7,8)28-24)14-13-16-11-9-10-12-17(16)15-22/h9-12H,13-15H2,1-8H3. The van der Waals surface area contributed by atoms with E-state index in [2.05, 4.69) is 79.7 Å². The van der Waals surface area contributed by atoms with Crippen molar-refractivity contribution in [3.63, 3.8) is 0 Å². The number of aryl methyl sites for hydroxylation is 1. The van der Waals surface area contributed by atoms with Gasteiger partial charge in [0.25, 0.3) is 0 Å².